The van der Waals surface area contributed by atoms with Crippen LogP contribution in [-0.4, -0.2) is 20.4 Å². The molecule has 0 aliphatic heterocycles. The highest BCUT2D eigenvalue weighted by Crippen LogP contribution is 2.52. The predicted octanol–water partition coefficient (Wildman–Crippen LogP) is 8.43. The van der Waals surface area contributed by atoms with Crippen LogP contribution in [0.4, 0.5) is 0 Å². The van der Waals surface area contributed by atoms with Crippen LogP contribution in [0.25, 0.3) is 54.9 Å². The molecule has 0 aliphatic carbocycles. The van der Waals surface area contributed by atoms with Gasteiger partial charge in [0.25, 0.3) is 0 Å². The van der Waals surface area contributed by atoms with E-state index in [-0.39, 0.29) is 23.0 Å². The number of rotatable bonds is 3. The summed E-state index contributed by atoms with van der Waals surface area (Å²) in [6.07, 6.45) is 0. The summed E-state index contributed by atoms with van der Waals surface area (Å²) in [5, 5.41) is 48.4. The largest absolute Gasteiger partial charge is 0.507 e. The van der Waals surface area contributed by atoms with Gasteiger partial charge in [-0.3, -0.25) is 0 Å². The molecule has 4 N–H and O–H groups in total. The van der Waals surface area contributed by atoms with E-state index in [1.54, 1.807) is 12.1 Å². The van der Waals surface area contributed by atoms with Gasteiger partial charge in [0.2, 0.25) is 0 Å². The Bertz CT molecular complexity index is 1750. The molecular formula is C34H26O4. The van der Waals surface area contributed by atoms with Crippen molar-refractivity contribution in [2.75, 3.05) is 0 Å². The van der Waals surface area contributed by atoms with Crippen LogP contribution in [-0.2, 0) is 0 Å². The fourth-order valence-corrected chi connectivity index (χ4v) is 5.32. The van der Waals surface area contributed by atoms with Crippen molar-refractivity contribution in [3.63, 3.8) is 0 Å². The molecule has 0 spiro atoms. The van der Waals surface area contributed by atoms with E-state index >= 15 is 0 Å². The molecule has 0 bridgehead atoms. The van der Waals surface area contributed by atoms with E-state index in [4.69, 9.17) is 0 Å². The zero-order chi connectivity index (χ0) is 26.6. The van der Waals surface area contributed by atoms with Gasteiger partial charge >= 0.3 is 0 Å². The fraction of sp³-hybridized carbons (Fsp3) is 0.0588. The maximum Gasteiger partial charge on any atom is 0.132 e. The van der Waals surface area contributed by atoms with E-state index < -0.39 is 0 Å². The zero-order valence-electron chi connectivity index (χ0n) is 21.0. The van der Waals surface area contributed by atoms with Gasteiger partial charge in [-0.25, -0.2) is 0 Å². The Morgan fingerprint density at radius 3 is 1.24 bits per heavy atom. The molecule has 186 valence electrons. The lowest BCUT2D eigenvalue weighted by atomic mass is 9.86. The molecule has 0 atom stereocenters. The van der Waals surface area contributed by atoms with E-state index in [1.165, 1.54) is 0 Å². The van der Waals surface area contributed by atoms with Crippen molar-refractivity contribution < 1.29 is 20.4 Å². The third-order valence-corrected chi connectivity index (χ3v) is 7.18. The van der Waals surface area contributed by atoms with Gasteiger partial charge < -0.3 is 20.4 Å². The molecule has 0 radical (unpaired) electrons. The van der Waals surface area contributed by atoms with Crippen molar-refractivity contribution in [3.8, 4) is 56.4 Å². The Morgan fingerprint density at radius 2 is 0.816 bits per heavy atom. The summed E-state index contributed by atoms with van der Waals surface area (Å²) in [6.45, 7) is 3.86. The van der Waals surface area contributed by atoms with Crippen LogP contribution in [0.2, 0.25) is 0 Å². The average molecular weight is 499 g/mol. The number of fused-ring (bicyclic) bond motifs is 2. The molecule has 0 amide bonds. The number of aromatic hydroxyl groups is 4. The second-order valence-corrected chi connectivity index (χ2v) is 9.78. The minimum absolute atomic E-state index is 0.0457. The van der Waals surface area contributed by atoms with Crippen LogP contribution in [0.3, 0.4) is 0 Å². The molecule has 0 aliphatic rings. The Morgan fingerprint density at radius 1 is 0.421 bits per heavy atom. The van der Waals surface area contributed by atoms with Gasteiger partial charge in [-0.15, -0.1) is 0 Å². The zero-order valence-corrected chi connectivity index (χ0v) is 21.0. The Balaban J connectivity index is 1.79. The van der Waals surface area contributed by atoms with Crippen LogP contribution < -0.4 is 0 Å². The lowest BCUT2D eigenvalue weighted by Crippen LogP contribution is -1.93. The van der Waals surface area contributed by atoms with Crippen LogP contribution in [0.1, 0.15) is 11.1 Å². The smallest absolute Gasteiger partial charge is 0.132 e. The highest BCUT2D eigenvalue weighted by atomic mass is 16.3. The molecule has 4 heteroatoms. The van der Waals surface area contributed by atoms with Crippen molar-refractivity contribution in [2.24, 2.45) is 0 Å². The maximum atomic E-state index is 11.9. The summed E-state index contributed by atoms with van der Waals surface area (Å²) < 4.78 is 0. The molecule has 6 rings (SSSR count). The van der Waals surface area contributed by atoms with Crippen molar-refractivity contribution in [3.05, 3.63) is 108 Å². The van der Waals surface area contributed by atoms with Gasteiger partial charge in [-0.05, 0) is 71.8 Å². The summed E-state index contributed by atoms with van der Waals surface area (Å²) in [4.78, 5) is 0. The summed E-state index contributed by atoms with van der Waals surface area (Å²) in [7, 11) is 0. The van der Waals surface area contributed by atoms with E-state index in [9.17, 15) is 20.4 Å². The van der Waals surface area contributed by atoms with Gasteiger partial charge in [0.15, 0.2) is 0 Å². The number of phenolic OH excluding ortho intramolecular Hbond substituents is 4. The highest BCUT2D eigenvalue weighted by molar-refractivity contribution is 6.14. The third-order valence-electron chi connectivity index (χ3n) is 7.18. The Kier molecular flexibility index (Phi) is 5.46. The molecule has 0 aromatic heterocycles. The molecule has 4 nitrogen and oxygen atoms in total. The predicted molar refractivity (Wildman–Crippen MR) is 154 cm³/mol. The lowest BCUT2D eigenvalue weighted by molar-refractivity contribution is 0.466. The number of aryl methyl sites for hydroxylation is 2. The first-order valence-corrected chi connectivity index (χ1v) is 12.4. The second kappa shape index (κ2) is 8.86. The SMILES string of the molecule is Cc1ccc(O)c(-c2cc3ccccc3c(-c3c(O)c(-c4cc(C)ccc4O)cc4ccccc34)c2O)c1. The standard InChI is InChI=1S/C34H26O4/c1-19-11-13-29(35)25(15-19)27-17-21-7-3-5-9-23(21)31(33(27)37)32-24-10-6-4-8-22(24)18-28(34(32)38)26-16-20(2)12-14-30(26)36/h3-18,35-38H,1-2H3. The topological polar surface area (TPSA) is 80.9 Å². The van der Waals surface area contributed by atoms with Crippen molar-refractivity contribution >= 4 is 21.5 Å². The Labute approximate surface area is 220 Å². The average Bonchev–Trinajstić information content (AvgIpc) is 2.92. The summed E-state index contributed by atoms with van der Waals surface area (Å²) in [6, 6.07) is 29.6. The highest BCUT2D eigenvalue weighted by Gasteiger charge is 2.24. The molecule has 0 fully saturated rings. The molecule has 0 unspecified atom stereocenters. The molecule has 6 aromatic rings. The van der Waals surface area contributed by atoms with E-state index in [2.05, 4.69) is 0 Å². The quantitative estimate of drug-likeness (QED) is 0.197. The van der Waals surface area contributed by atoms with Crippen molar-refractivity contribution in [1.82, 2.24) is 0 Å². The van der Waals surface area contributed by atoms with Gasteiger partial charge in [-0.2, -0.15) is 0 Å². The molecular weight excluding hydrogens is 472 g/mol. The Hall–Kier alpha value is -4.96. The number of hydrogen-bond donors (Lipinski definition) is 4. The molecule has 0 saturated carbocycles. The normalized spacial score (nSPS) is 11.3. The first kappa shape index (κ1) is 23.4. The minimum Gasteiger partial charge on any atom is -0.507 e. The number of benzene rings is 6. The number of hydrogen-bond acceptors (Lipinski definition) is 4. The van der Waals surface area contributed by atoms with Gasteiger partial charge in [-0.1, -0.05) is 71.8 Å². The van der Waals surface area contributed by atoms with Crippen LogP contribution in [0.5, 0.6) is 23.0 Å². The molecule has 38 heavy (non-hydrogen) atoms. The van der Waals surface area contributed by atoms with E-state index in [1.807, 2.05) is 98.8 Å². The second-order valence-electron chi connectivity index (χ2n) is 9.78. The minimum atomic E-state index is -0.0457. The van der Waals surface area contributed by atoms with Crippen LogP contribution in [0.15, 0.2) is 97.1 Å². The van der Waals surface area contributed by atoms with E-state index in [0.29, 0.717) is 33.4 Å². The third kappa shape index (κ3) is 3.70. The van der Waals surface area contributed by atoms with Crippen LogP contribution in [0, 0.1) is 13.8 Å². The summed E-state index contributed by atoms with van der Waals surface area (Å²) in [5.41, 5.74) is 4.74. The van der Waals surface area contributed by atoms with Crippen molar-refractivity contribution in [2.45, 2.75) is 13.8 Å². The van der Waals surface area contributed by atoms with Gasteiger partial charge in [0.1, 0.15) is 23.0 Å². The van der Waals surface area contributed by atoms with Crippen LogP contribution >= 0.6 is 0 Å². The van der Waals surface area contributed by atoms with E-state index in [0.717, 1.165) is 32.7 Å². The van der Waals surface area contributed by atoms with Gasteiger partial charge in [0.05, 0.1) is 0 Å². The maximum absolute atomic E-state index is 11.9. The summed E-state index contributed by atoms with van der Waals surface area (Å²) >= 11 is 0. The van der Waals surface area contributed by atoms with Gasteiger partial charge in [0, 0.05) is 33.4 Å². The van der Waals surface area contributed by atoms with Crippen molar-refractivity contribution in [1.29, 1.82) is 0 Å². The summed E-state index contributed by atoms with van der Waals surface area (Å²) in [5.74, 6) is 0.0191. The molecule has 0 heterocycles. The fourth-order valence-electron chi connectivity index (χ4n) is 5.32. The molecule has 6 aromatic carbocycles. The number of phenols is 4. The molecule has 0 saturated heterocycles. The first-order chi connectivity index (χ1) is 18.3. The monoisotopic (exact) mass is 498 g/mol. The lowest BCUT2D eigenvalue weighted by Gasteiger charge is -2.20. The first-order valence-electron chi connectivity index (χ1n) is 12.4.